The first-order valence-electron chi connectivity index (χ1n) is 11.7. The second-order valence-electron chi connectivity index (χ2n) is 9.02. The molecule has 0 fully saturated rings. The second kappa shape index (κ2) is 9.29. The van der Waals surface area contributed by atoms with E-state index in [1.165, 1.54) is 6.07 Å². The molecule has 1 atom stereocenters. The molecule has 1 amide bonds. The summed E-state index contributed by atoms with van der Waals surface area (Å²) in [5.74, 6) is 1.13. The number of nitrogens with zero attached hydrogens (tertiary/aromatic N) is 2. The number of amides is 1. The van der Waals surface area contributed by atoms with Crippen LogP contribution in [0.1, 0.15) is 27.3 Å². The van der Waals surface area contributed by atoms with Gasteiger partial charge in [-0.05, 0) is 42.3 Å². The Kier molecular flexibility index (Phi) is 6.03. The Labute approximate surface area is 204 Å². The third-order valence-corrected chi connectivity index (χ3v) is 6.58. The van der Waals surface area contributed by atoms with Crippen LogP contribution in [0.4, 0.5) is 0 Å². The molecule has 5 rings (SSSR count). The normalized spacial score (nSPS) is 14.7. The van der Waals surface area contributed by atoms with Gasteiger partial charge in [0.15, 0.2) is 23.0 Å². The van der Waals surface area contributed by atoms with Crippen molar-refractivity contribution in [3.05, 3.63) is 106 Å². The highest BCUT2D eigenvalue weighted by atomic mass is 16.6. The third-order valence-electron chi connectivity index (χ3n) is 6.58. The van der Waals surface area contributed by atoms with E-state index in [2.05, 4.69) is 18.2 Å². The summed E-state index contributed by atoms with van der Waals surface area (Å²) < 4.78 is 14.0. The number of rotatable bonds is 5. The maximum Gasteiger partial charge on any atom is 0.259 e. The Morgan fingerprint density at radius 3 is 2.54 bits per heavy atom. The molecule has 1 aliphatic rings. The average Bonchev–Trinajstić information content (AvgIpc) is 2.86. The fraction of sp³-hybridized carbons (Fsp3) is 0.241. The van der Waals surface area contributed by atoms with Crippen molar-refractivity contribution in [3.63, 3.8) is 0 Å². The quantitative estimate of drug-likeness (QED) is 0.425. The summed E-state index contributed by atoms with van der Waals surface area (Å²) in [6.07, 6.45) is -0.235. The van der Waals surface area contributed by atoms with Crippen LogP contribution in [0.2, 0.25) is 0 Å². The zero-order valence-electron chi connectivity index (χ0n) is 20.2. The fourth-order valence-electron chi connectivity index (χ4n) is 4.76. The molecule has 0 radical (unpaired) electrons. The van der Waals surface area contributed by atoms with Crippen molar-refractivity contribution in [2.75, 3.05) is 13.7 Å². The number of benzene rings is 3. The highest BCUT2D eigenvalue weighted by molar-refractivity contribution is 5.95. The number of pyridine rings is 1. The van der Waals surface area contributed by atoms with Gasteiger partial charge >= 0.3 is 0 Å². The van der Waals surface area contributed by atoms with Crippen molar-refractivity contribution in [1.82, 2.24) is 9.47 Å². The molecule has 0 spiro atoms. The molecule has 2 heterocycles. The number of carbonyl (C=O) groups excluding carboxylic acids is 1. The monoisotopic (exact) mass is 468 g/mol. The predicted molar refractivity (Wildman–Crippen MR) is 136 cm³/mol. The van der Waals surface area contributed by atoms with Gasteiger partial charge in [-0.25, -0.2) is 0 Å². The number of aromatic nitrogens is 1. The van der Waals surface area contributed by atoms with Crippen molar-refractivity contribution < 1.29 is 14.3 Å². The number of ether oxygens (including phenoxy) is 2. The molecule has 0 saturated carbocycles. The summed E-state index contributed by atoms with van der Waals surface area (Å²) in [7, 11) is 1.74. The van der Waals surface area contributed by atoms with E-state index < -0.39 is 0 Å². The van der Waals surface area contributed by atoms with Crippen molar-refractivity contribution in [2.24, 2.45) is 0 Å². The topological polar surface area (TPSA) is 60.8 Å². The van der Waals surface area contributed by atoms with Gasteiger partial charge in [0.1, 0.15) is 12.2 Å². The van der Waals surface area contributed by atoms with E-state index in [1.54, 1.807) is 11.9 Å². The molecule has 1 aliphatic heterocycles. The molecular weight excluding hydrogens is 440 g/mol. The first kappa shape index (κ1) is 22.7. The Morgan fingerprint density at radius 1 is 1.00 bits per heavy atom. The summed E-state index contributed by atoms with van der Waals surface area (Å²) >= 11 is 0. The summed E-state index contributed by atoms with van der Waals surface area (Å²) in [5, 5.41) is 2.22. The molecule has 6 heteroatoms. The molecular formula is C29H28N2O4. The van der Waals surface area contributed by atoms with E-state index in [0.717, 1.165) is 27.8 Å². The molecule has 4 aromatic rings. The van der Waals surface area contributed by atoms with Crippen molar-refractivity contribution in [1.29, 1.82) is 0 Å². The average molecular weight is 469 g/mol. The molecule has 0 N–H and O–H groups in total. The zero-order valence-corrected chi connectivity index (χ0v) is 20.2. The molecule has 0 unspecified atom stereocenters. The molecule has 0 saturated heterocycles. The van der Waals surface area contributed by atoms with Gasteiger partial charge in [-0.2, -0.15) is 0 Å². The van der Waals surface area contributed by atoms with Gasteiger partial charge < -0.3 is 18.9 Å². The van der Waals surface area contributed by atoms with Crippen molar-refractivity contribution in [3.8, 4) is 11.5 Å². The lowest BCUT2D eigenvalue weighted by atomic mass is 10.0. The predicted octanol–water partition coefficient (Wildman–Crippen LogP) is 4.73. The smallest absolute Gasteiger partial charge is 0.259 e. The lowest BCUT2D eigenvalue weighted by molar-refractivity contribution is 0.0755. The molecule has 0 aliphatic carbocycles. The zero-order chi connectivity index (χ0) is 24.5. The molecule has 178 valence electrons. The van der Waals surface area contributed by atoms with Crippen LogP contribution >= 0.6 is 0 Å². The summed E-state index contributed by atoms with van der Waals surface area (Å²) in [6.45, 7) is 4.97. The molecule has 3 aromatic carbocycles. The highest BCUT2D eigenvalue weighted by Gasteiger charge is 2.25. The van der Waals surface area contributed by atoms with Crippen LogP contribution in [0.3, 0.4) is 0 Å². The van der Waals surface area contributed by atoms with Gasteiger partial charge in [0.25, 0.3) is 5.91 Å². The van der Waals surface area contributed by atoms with Gasteiger partial charge in [0.05, 0.1) is 6.54 Å². The number of aryl methyl sites for hydroxylation is 1. The molecule has 35 heavy (non-hydrogen) atoms. The van der Waals surface area contributed by atoms with E-state index in [4.69, 9.17) is 9.47 Å². The summed E-state index contributed by atoms with van der Waals surface area (Å²) in [4.78, 5) is 28.1. The minimum Gasteiger partial charge on any atom is -0.486 e. The van der Waals surface area contributed by atoms with E-state index in [1.807, 2.05) is 66.9 Å². The number of hydrogen-bond acceptors (Lipinski definition) is 4. The standard InChI is InChI=1S/C29H28N2O4/c1-19-15-25(32)28(20(2)31(19)17-23-18-34-26-13-6-7-14-27(26)35-23)29(33)30(3)16-22-11-8-10-21-9-4-5-12-24(21)22/h4-15,23H,16-18H2,1-3H3/t23-/m0/s1. The van der Waals surface area contributed by atoms with Crippen LogP contribution in [0.25, 0.3) is 10.8 Å². The van der Waals surface area contributed by atoms with Gasteiger partial charge in [-0.1, -0.05) is 54.6 Å². The molecule has 1 aromatic heterocycles. The van der Waals surface area contributed by atoms with Crippen LogP contribution < -0.4 is 14.9 Å². The lowest BCUT2D eigenvalue weighted by Crippen LogP contribution is -2.37. The van der Waals surface area contributed by atoms with Crippen LogP contribution in [-0.2, 0) is 13.1 Å². The maximum atomic E-state index is 13.5. The van der Waals surface area contributed by atoms with E-state index in [0.29, 0.717) is 31.1 Å². The highest BCUT2D eigenvalue weighted by Crippen LogP contribution is 2.31. The number of para-hydroxylation sites is 2. The van der Waals surface area contributed by atoms with Gasteiger partial charge in [-0.3, -0.25) is 9.59 Å². The van der Waals surface area contributed by atoms with Crippen molar-refractivity contribution >= 4 is 16.7 Å². The SMILES string of the molecule is Cc1cc(=O)c(C(=O)N(C)Cc2cccc3ccccc23)c(C)n1C[C@H]1COc2ccccc2O1. The minimum atomic E-state index is -0.291. The van der Waals surface area contributed by atoms with Gasteiger partial charge in [-0.15, -0.1) is 0 Å². The Bertz CT molecular complexity index is 1470. The van der Waals surface area contributed by atoms with E-state index in [9.17, 15) is 9.59 Å². The second-order valence-corrected chi connectivity index (χ2v) is 9.02. The summed E-state index contributed by atoms with van der Waals surface area (Å²) in [6, 6.07) is 23.3. The minimum absolute atomic E-state index is 0.190. The number of hydrogen-bond donors (Lipinski definition) is 0. The fourth-order valence-corrected chi connectivity index (χ4v) is 4.76. The van der Waals surface area contributed by atoms with Gasteiger partial charge in [0, 0.05) is 31.0 Å². The largest absolute Gasteiger partial charge is 0.486 e. The number of fused-ring (bicyclic) bond motifs is 2. The van der Waals surface area contributed by atoms with Gasteiger partial charge in [0.2, 0.25) is 0 Å². The Hall–Kier alpha value is -4.06. The van der Waals surface area contributed by atoms with Crippen LogP contribution in [0.15, 0.2) is 77.6 Å². The first-order chi connectivity index (χ1) is 16.9. The lowest BCUT2D eigenvalue weighted by Gasteiger charge is -2.29. The Balaban J connectivity index is 1.41. The van der Waals surface area contributed by atoms with Crippen LogP contribution in [0.5, 0.6) is 11.5 Å². The van der Waals surface area contributed by atoms with E-state index >= 15 is 0 Å². The maximum absolute atomic E-state index is 13.5. The Morgan fingerprint density at radius 2 is 1.71 bits per heavy atom. The summed E-state index contributed by atoms with van der Waals surface area (Å²) in [5.41, 5.74) is 2.37. The van der Waals surface area contributed by atoms with Crippen molar-refractivity contribution in [2.45, 2.75) is 33.0 Å². The van der Waals surface area contributed by atoms with E-state index in [-0.39, 0.29) is 23.0 Å². The van der Waals surface area contributed by atoms with Crippen LogP contribution in [-0.4, -0.2) is 35.1 Å². The first-order valence-corrected chi connectivity index (χ1v) is 11.7. The third kappa shape index (κ3) is 4.39. The molecule has 6 nitrogen and oxygen atoms in total. The number of carbonyl (C=O) groups is 1. The van der Waals surface area contributed by atoms with Crippen LogP contribution in [0, 0.1) is 13.8 Å². The molecule has 0 bridgehead atoms.